The fourth-order valence-electron chi connectivity index (χ4n) is 1.84. The van der Waals surface area contributed by atoms with Crippen molar-refractivity contribution in [3.05, 3.63) is 35.9 Å². The highest BCUT2D eigenvalue weighted by molar-refractivity contribution is 5.61. The predicted molar refractivity (Wildman–Crippen MR) is 65.4 cm³/mol. The van der Waals surface area contributed by atoms with Gasteiger partial charge in [-0.25, -0.2) is 0 Å². The highest BCUT2D eigenvalue weighted by Crippen LogP contribution is 2.20. The van der Waals surface area contributed by atoms with Crippen LogP contribution in [0.2, 0.25) is 0 Å². The van der Waals surface area contributed by atoms with Crippen LogP contribution in [0.3, 0.4) is 0 Å². The highest BCUT2D eigenvalue weighted by Gasteiger charge is 2.08. The van der Waals surface area contributed by atoms with Crippen molar-refractivity contribution in [1.29, 1.82) is 0 Å². The predicted octanol–water partition coefficient (Wildman–Crippen LogP) is 2.91. The third-order valence-corrected chi connectivity index (χ3v) is 2.82. The molecule has 88 valence electrons. The van der Waals surface area contributed by atoms with Crippen LogP contribution in [0.5, 0.6) is 0 Å². The number of rotatable bonds is 8. The van der Waals surface area contributed by atoms with Crippen molar-refractivity contribution >= 4 is 6.29 Å². The molecule has 0 amide bonds. The number of aliphatic hydroxyl groups is 1. The standard InChI is InChI=1S/C14H20O2/c15-11-7-2-1-4-10-14(12-16)13-8-5-3-6-9-13/h3,5-6,8-9,12,14-15H,1-2,4,7,10-11H2. The van der Waals surface area contributed by atoms with Crippen molar-refractivity contribution in [2.45, 2.75) is 38.0 Å². The Bertz CT molecular complexity index is 282. The second-order valence-electron chi connectivity index (χ2n) is 4.08. The van der Waals surface area contributed by atoms with Crippen LogP contribution in [0.15, 0.2) is 30.3 Å². The van der Waals surface area contributed by atoms with Crippen molar-refractivity contribution in [3.8, 4) is 0 Å². The smallest absolute Gasteiger partial charge is 0.127 e. The van der Waals surface area contributed by atoms with Gasteiger partial charge in [0.05, 0.1) is 0 Å². The summed E-state index contributed by atoms with van der Waals surface area (Å²) in [5.74, 6) is 0.0373. The Hall–Kier alpha value is -1.15. The van der Waals surface area contributed by atoms with Crippen LogP contribution in [-0.4, -0.2) is 18.0 Å². The number of aliphatic hydroxyl groups excluding tert-OH is 1. The van der Waals surface area contributed by atoms with Gasteiger partial charge in [-0.3, -0.25) is 0 Å². The van der Waals surface area contributed by atoms with E-state index in [0.717, 1.165) is 44.0 Å². The molecule has 2 nitrogen and oxygen atoms in total. The molecule has 0 saturated carbocycles. The van der Waals surface area contributed by atoms with E-state index in [1.54, 1.807) is 0 Å². The van der Waals surface area contributed by atoms with Gasteiger partial charge in [0.25, 0.3) is 0 Å². The Labute approximate surface area is 97.3 Å². The molecule has 0 radical (unpaired) electrons. The zero-order valence-corrected chi connectivity index (χ0v) is 9.64. The Balaban J connectivity index is 2.30. The molecule has 0 spiro atoms. The molecule has 0 aliphatic carbocycles. The maximum Gasteiger partial charge on any atom is 0.127 e. The van der Waals surface area contributed by atoms with Crippen molar-refractivity contribution in [2.24, 2.45) is 0 Å². The molecule has 0 bridgehead atoms. The number of carbonyl (C=O) groups is 1. The SMILES string of the molecule is O=CC(CCCCCCO)c1ccccc1. The lowest BCUT2D eigenvalue weighted by Gasteiger charge is -2.09. The van der Waals surface area contributed by atoms with E-state index < -0.39 is 0 Å². The number of benzene rings is 1. The first-order valence-corrected chi connectivity index (χ1v) is 5.99. The molecule has 16 heavy (non-hydrogen) atoms. The first-order chi connectivity index (χ1) is 7.88. The Morgan fingerprint density at radius 3 is 2.38 bits per heavy atom. The molecule has 0 fully saturated rings. The lowest BCUT2D eigenvalue weighted by Crippen LogP contribution is -2.00. The average molecular weight is 220 g/mol. The van der Waals surface area contributed by atoms with E-state index >= 15 is 0 Å². The molecular formula is C14H20O2. The first-order valence-electron chi connectivity index (χ1n) is 5.99. The lowest BCUT2D eigenvalue weighted by molar-refractivity contribution is -0.109. The summed E-state index contributed by atoms with van der Waals surface area (Å²) in [5.41, 5.74) is 1.11. The van der Waals surface area contributed by atoms with E-state index in [0.29, 0.717) is 0 Å². The van der Waals surface area contributed by atoms with Gasteiger partial charge in [0.2, 0.25) is 0 Å². The number of hydrogen-bond donors (Lipinski definition) is 1. The fraction of sp³-hybridized carbons (Fsp3) is 0.500. The van der Waals surface area contributed by atoms with Crippen molar-refractivity contribution in [3.63, 3.8) is 0 Å². The highest BCUT2D eigenvalue weighted by atomic mass is 16.2. The molecule has 1 aromatic rings. The molecule has 1 aromatic carbocycles. The summed E-state index contributed by atoms with van der Waals surface area (Å²) in [6.45, 7) is 0.274. The van der Waals surface area contributed by atoms with Crippen molar-refractivity contribution < 1.29 is 9.90 Å². The van der Waals surface area contributed by atoms with Crippen LogP contribution in [0.4, 0.5) is 0 Å². The molecule has 1 unspecified atom stereocenters. The summed E-state index contributed by atoms with van der Waals surface area (Å²) in [5, 5.41) is 8.64. The van der Waals surface area contributed by atoms with Gasteiger partial charge in [-0.1, -0.05) is 49.6 Å². The Morgan fingerprint density at radius 1 is 1.06 bits per heavy atom. The van der Waals surface area contributed by atoms with Crippen LogP contribution < -0.4 is 0 Å². The molecule has 0 aromatic heterocycles. The second kappa shape index (κ2) is 8.05. The molecule has 0 heterocycles. The van der Waals surface area contributed by atoms with E-state index in [9.17, 15) is 4.79 Å². The quantitative estimate of drug-likeness (QED) is 0.540. The largest absolute Gasteiger partial charge is 0.396 e. The summed E-state index contributed by atoms with van der Waals surface area (Å²) < 4.78 is 0. The summed E-state index contributed by atoms with van der Waals surface area (Å²) in [4.78, 5) is 11.0. The molecule has 1 rings (SSSR count). The lowest BCUT2D eigenvalue weighted by atomic mass is 9.94. The third-order valence-electron chi connectivity index (χ3n) is 2.82. The number of aldehydes is 1. The molecule has 0 aliphatic rings. The van der Waals surface area contributed by atoms with Crippen molar-refractivity contribution in [1.82, 2.24) is 0 Å². The minimum Gasteiger partial charge on any atom is -0.396 e. The van der Waals surface area contributed by atoms with Crippen LogP contribution in [-0.2, 0) is 4.79 Å². The van der Waals surface area contributed by atoms with Gasteiger partial charge in [0.15, 0.2) is 0 Å². The normalized spacial score (nSPS) is 12.3. The van der Waals surface area contributed by atoms with Crippen LogP contribution in [0.25, 0.3) is 0 Å². The summed E-state index contributed by atoms with van der Waals surface area (Å²) in [6, 6.07) is 9.92. The number of unbranched alkanes of at least 4 members (excludes halogenated alkanes) is 3. The first kappa shape index (κ1) is 12.9. The van der Waals surface area contributed by atoms with Gasteiger partial charge in [-0.15, -0.1) is 0 Å². The third kappa shape index (κ3) is 4.58. The summed E-state index contributed by atoms with van der Waals surface area (Å²) >= 11 is 0. The van der Waals surface area contributed by atoms with Crippen LogP contribution in [0.1, 0.15) is 43.6 Å². The van der Waals surface area contributed by atoms with E-state index in [-0.39, 0.29) is 12.5 Å². The van der Waals surface area contributed by atoms with Crippen molar-refractivity contribution in [2.75, 3.05) is 6.61 Å². The molecule has 0 saturated heterocycles. The van der Waals surface area contributed by atoms with Gasteiger partial charge < -0.3 is 9.90 Å². The zero-order chi connectivity index (χ0) is 11.6. The molecule has 1 N–H and O–H groups in total. The maximum absolute atomic E-state index is 11.0. The van der Waals surface area contributed by atoms with Gasteiger partial charge in [-0.05, 0) is 18.4 Å². The number of hydrogen-bond acceptors (Lipinski definition) is 2. The molecular weight excluding hydrogens is 200 g/mol. The summed E-state index contributed by atoms with van der Waals surface area (Å²) in [7, 11) is 0. The fourth-order valence-corrected chi connectivity index (χ4v) is 1.84. The van der Waals surface area contributed by atoms with E-state index in [1.807, 2.05) is 30.3 Å². The second-order valence-corrected chi connectivity index (χ2v) is 4.08. The van der Waals surface area contributed by atoms with E-state index in [4.69, 9.17) is 5.11 Å². The molecule has 0 aliphatic heterocycles. The van der Waals surface area contributed by atoms with Gasteiger partial charge in [0.1, 0.15) is 6.29 Å². The average Bonchev–Trinajstić information content (AvgIpc) is 2.35. The monoisotopic (exact) mass is 220 g/mol. The Kier molecular flexibility index (Phi) is 6.50. The minimum absolute atomic E-state index is 0.0373. The topological polar surface area (TPSA) is 37.3 Å². The van der Waals surface area contributed by atoms with Crippen LogP contribution in [0, 0.1) is 0 Å². The minimum atomic E-state index is 0.0373. The van der Waals surface area contributed by atoms with Gasteiger partial charge >= 0.3 is 0 Å². The van der Waals surface area contributed by atoms with E-state index in [2.05, 4.69) is 0 Å². The van der Waals surface area contributed by atoms with Gasteiger partial charge in [-0.2, -0.15) is 0 Å². The zero-order valence-electron chi connectivity index (χ0n) is 9.64. The molecule has 2 heteroatoms. The van der Waals surface area contributed by atoms with Gasteiger partial charge in [0, 0.05) is 12.5 Å². The van der Waals surface area contributed by atoms with E-state index in [1.165, 1.54) is 0 Å². The summed E-state index contributed by atoms with van der Waals surface area (Å²) in [6.07, 6.45) is 6.03. The molecule has 1 atom stereocenters. The number of carbonyl (C=O) groups excluding carboxylic acids is 1. The maximum atomic E-state index is 11.0. The Morgan fingerprint density at radius 2 is 1.75 bits per heavy atom. The van der Waals surface area contributed by atoms with Crippen LogP contribution >= 0.6 is 0 Å².